The summed E-state index contributed by atoms with van der Waals surface area (Å²) in [5.41, 5.74) is 2.53. The first-order valence-corrected chi connectivity index (χ1v) is 10.3. The van der Waals surface area contributed by atoms with E-state index in [-0.39, 0.29) is 17.7 Å². The van der Waals surface area contributed by atoms with Gasteiger partial charge in [-0.2, -0.15) is 0 Å². The van der Waals surface area contributed by atoms with Crippen LogP contribution in [0.3, 0.4) is 0 Å². The molecule has 3 aromatic rings. The number of piperidine rings is 1. The third-order valence-corrected chi connectivity index (χ3v) is 6.07. The Morgan fingerprint density at radius 2 is 1.97 bits per heavy atom. The average molecular weight is 430 g/mol. The zero-order chi connectivity index (χ0) is 20.4. The molecule has 0 aliphatic carbocycles. The highest BCUT2D eigenvalue weighted by molar-refractivity contribution is 6.42. The number of carbonyl (C=O) groups is 2. The van der Waals surface area contributed by atoms with E-state index in [0.717, 1.165) is 29.3 Å². The average Bonchev–Trinajstić information content (AvgIpc) is 3.22. The van der Waals surface area contributed by atoms with E-state index in [4.69, 9.17) is 23.2 Å². The molecule has 0 spiro atoms. The first kappa shape index (κ1) is 19.8. The lowest BCUT2D eigenvalue weighted by molar-refractivity contribution is -0.126. The van der Waals surface area contributed by atoms with E-state index in [1.807, 2.05) is 36.5 Å². The minimum absolute atomic E-state index is 0.0323. The first-order chi connectivity index (χ1) is 14.0. The van der Waals surface area contributed by atoms with Crippen LogP contribution in [0.15, 0.2) is 48.7 Å². The molecule has 4 rings (SSSR count). The maximum atomic E-state index is 12.9. The summed E-state index contributed by atoms with van der Waals surface area (Å²) < 4.78 is 0. The highest BCUT2D eigenvalue weighted by Crippen LogP contribution is 2.23. The van der Waals surface area contributed by atoms with Crippen molar-refractivity contribution in [1.82, 2.24) is 15.2 Å². The Kier molecular flexibility index (Phi) is 5.79. The van der Waals surface area contributed by atoms with Gasteiger partial charge in [-0.25, -0.2) is 0 Å². The topological polar surface area (TPSA) is 65.2 Å². The fraction of sp³-hybridized carbons (Fsp3) is 0.273. The molecule has 1 unspecified atom stereocenters. The van der Waals surface area contributed by atoms with Gasteiger partial charge in [0, 0.05) is 42.3 Å². The number of hydrogen-bond donors (Lipinski definition) is 2. The number of amides is 2. The minimum atomic E-state index is -0.216. The molecule has 0 bridgehead atoms. The van der Waals surface area contributed by atoms with Gasteiger partial charge in [0.05, 0.1) is 16.0 Å². The monoisotopic (exact) mass is 429 g/mol. The largest absolute Gasteiger partial charge is 0.361 e. The van der Waals surface area contributed by atoms with E-state index in [1.165, 1.54) is 0 Å². The molecular formula is C22H21Cl2N3O2. The molecule has 1 aliphatic heterocycles. The molecule has 2 N–H and O–H groups in total. The van der Waals surface area contributed by atoms with Crippen molar-refractivity contribution in [1.29, 1.82) is 0 Å². The number of halogens is 2. The van der Waals surface area contributed by atoms with E-state index in [9.17, 15) is 9.59 Å². The normalized spacial score (nSPS) is 16.8. The molecule has 1 aromatic heterocycles. The van der Waals surface area contributed by atoms with Crippen molar-refractivity contribution in [2.75, 3.05) is 13.1 Å². The number of H-pyrrole nitrogens is 1. The van der Waals surface area contributed by atoms with Gasteiger partial charge in [-0.05, 0) is 54.8 Å². The smallest absolute Gasteiger partial charge is 0.253 e. The van der Waals surface area contributed by atoms with Crippen LogP contribution in [0, 0.1) is 5.92 Å². The minimum Gasteiger partial charge on any atom is -0.361 e. The second-order valence-corrected chi connectivity index (χ2v) is 8.15. The molecule has 0 saturated carbocycles. The van der Waals surface area contributed by atoms with Crippen molar-refractivity contribution in [3.63, 3.8) is 0 Å². The molecule has 2 aromatic carbocycles. The van der Waals surface area contributed by atoms with E-state index in [1.54, 1.807) is 17.0 Å². The molecule has 29 heavy (non-hydrogen) atoms. The fourth-order valence-corrected chi connectivity index (χ4v) is 4.05. The Labute approximate surface area is 179 Å². The molecule has 1 aliphatic rings. The third-order valence-electron chi connectivity index (χ3n) is 5.33. The molecular weight excluding hydrogens is 409 g/mol. The highest BCUT2D eigenvalue weighted by Gasteiger charge is 2.29. The van der Waals surface area contributed by atoms with Gasteiger partial charge in [-0.1, -0.05) is 29.3 Å². The van der Waals surface area contributed by atoms with Gasteiger partial charge in [0.1, 0.15) is 0 Å². The fourth-order valence-electron chi connectivity index (χ4n) is 3.73. The van der Waals surface area contributed by atoms with Crippen LogP contribution in [0.5, 0.6) is 0 Å². The number of aromatic amines is 1. The van der Waals surface area contributed by atoms with Gasteiger partial charge in [-0.15, -0.1) is 0 Å². The molecule has 1 fully saturated rings. The SMILES string of the molecule is O=C(NCc1ccc(Cl)c(Cl)c1)C1CCCN(C(=O)c2ccc3[nH]ccc3c2)C1. The van der Waals surface area contributed by atoms with Crippen LogP contribution in [0.4, 0.5) is 0 Å². The number of nitrogens with one attached hydrogen (secondary N) is 2. The van der Waals surface area contributed by atoms with Crippen LogP contribution >= 0.6 is 23.2 Å². The number of likely N-dealkylation sites (tertiary alicyclic amines) is 1. The van der Waals surface area contributed by atoms with Gasteiger partial charge in [0.25, 0.3) is 5.91 Å². The van der Waals surface area contributed by atoms with Crippen molar-refractivity contribution >= 4 is 45.9 Å². The third kappa shape index (κ3) is 4.41. The van der Waals surface area contributed by atoms with Gasteiger partial charge < -0.3 is 15.2 Å². The van der Waals surface area contributed by atoms with Crippen molar-refractivity contribution in [3.05, 3.63) is 69.8 Å². The van der Waals surface area contributed by atoms with Crippen LogP contribution in [-0.2, 0) is 11.3 Å². The summed E-state index contributed by atoms with van der Waals surface area (Å²) in [6, 6.07) is 12.9. The lowest BCUT2D eigenvalue weighted by Crippen LogP contribution is -2.45. The summed E-state index contributed by atoms with van der Waals surface area (Å²) >= 11 is 12.0. The van der Waals surface area contributed by atoms with Gasteiger partial charge in [0.2, 0.25) is 5.91 Å². The van der Waals surface area contributed by atoms with Crippen molar-refractivity contribution in [2.45, 2.75) is 19.4 Å². The Morgan fingerprint density at radius 3 is 2.79 bits per heavy atom. The summed E-state index contributed by atoms with van der Waals surface area (Å²) in [4.78, 5) is 30.5. The second-order valence-electron chi connectivity index (χ2n) is 7.34. The molecule has 5 nitrogen and oxygen atoms in total. The maximum Gasteiger partial charge on any atom is 0.253 e. The predicted octanol–water partition coefficient (Wildman–Crippen LogP) is 4.64. The maximum absolute atomic E-state index is 12.9. The summed E-state index contributed by atoms with van der Waals surface area (Å²) in [6.45, 7) is 1.47. The first-order valence-electron chi connectivity index (χ1n) is 9.59. The molecule has 150 valence electrons. The molecule has 1 saturated heterocycles. The number of hydrogen-bond acceptors (Lipinski definition) is 2. The van der Waals surface area contributed by atoms with Crippen molar-refractivity contribution in [2.24, 2.45) is 5.92 Å². The van der Waals surface area contributed by atoms with Crippen LogP contribution < -0.4 is 5.32 Å². The summed E-state index contributed by atoms with van der Waals surface area (Å²) in [5, 5.41) is 4.91. The van der Waals surface area contributed by atoms with E-state index >= 15 is 0 Å². The zero-order valence-corrected chi connectivity index (χ0v) is 17.3. The van der Waals surface area contributed by atoms with Gasteiger partial charge in [-0.3, -0.25) is 9.59 Å². The number of fused-ring (bicyclic) bond motifs is 1. The summed E-state index contributed by atoms with van der Waals surface area (Å²) in [5.74, 6) is -0.295. The Hall–Kier alpha value is -2.50. The Bertz CT molecular complexity index is 1060. The summed E-state index contributed by atoms with van der Waals surface area (Å²) in [6.07, 6.45) is 3.44. The van der Waals surface area contributed by atoms with Crippen molar-refractivity contribution < 1.29 is 9.59 Å². The highest BCUT2D eigenvalue weighted by atomic mass is 35.5. The van der Waals surface area contributed by atoms with Crippen LogP contribution in [-0.4, -0.2) is 34.8 Å². The molecule has 0 radical (unpaired) electrons. The number of rotatable bonds is 4. The quantitative estimate of drug-likeness (QED) is 0.633. The number of nitrogens with zero attached hydrogens (tertiary/aromatic N) is 1. The number of carbonyl (C=O) groups excluding carboxylic acids is 2. The Balaban J connectivity index is 1.38. The van der Waals surface area contributed by atoms with Crippen LogP contribution in [0.2, 0.25) is 10.0 Å². The standard InChI is InChI=1S/C22H21Cl2N3O2/c23-18-5-3-14(10-19(18)24)12-26-21(28)17-2-1-9-27(13-17)22(29)16-4-6-20-15(11-16)7-8-25-20/h3-8,10-11,17,25H,1-2,9,12-13H2,(H,26,28). The molecule has 7 heteroatoms. The number of benzene rings is 2. The molecule has 1 atom stereocenters. The van der Waals surface area contributed by atoms with E-state index in [0.29, 0.717) is 35.2 Å². The van der Waals surface area contributed by atoms with Crippen LogP contribution in [0.25, 0.3) is 10.9 Å². The van der Waals surface area contributed by atoms with Gasteiger partial charge >= 0.3 is 0 Å². The zero-order valence-electron chi connectivity index (χ0n) is 15.8. The Morgan fingerprint density at radius 1 is 1.10 bits per heavy atom. The second kappa shape index (κ2) is 8.47. The lowest BCUT2D eigenvalue weighted by Gasteiger charge is -2.32. The van der Waals surface area contributed by atoms with E-state index in [2.05, 4.69) is 10.3 Å². The summed E-state index contributed by atoms with van der Waals surface area (Å²) in [7, 11) is 0. The van der Waals surface area contributed by atoms with Crippen LogP contribution in [0.1, 0.15) is 28.8 Å². The molecule has 2 heterocycles. The molecule has 2 amide bonds. The van der Waals surface area contributed by atoms with Crippen molar-refractivity contribution in [3.8, 4) is 0 Å². The number of aromatic nitrogens is 1. The van der Waals surface area contributed by atoms with Gasteiger partial charge in [0.15, 0.2) is 0 Å². The lowest BCUT2D eigenvalue weighted by atomic mass is 9.96. The predicted molar refractivity (Wildman–Crippen MR) is 115 cm³/mol. The van der Waals surface area contributed by atoms with E-state index < -0.39 is 0 Å².